The highest BCUT2D eigenvalue weighted by Crippen LogP contribution is 2.51. The molecule has 0 saturated carbocycles. The first-order chi connectivity index (χ1) is 4.11. The zero-order chi connectivity index (χ0) is 6.91. The molecule has 0 bridgehead atoms. The van der Waals surface area contributed by atoms with E-state index in [-0.39, 0.29) is 4.90 Å². The monoisotopic (exact) mass is 168 g/mol. The van der Waals surface area contributed by atoms with Gasteiger partial charge in [0.2, 0.25) is 0 Å². The molecule has 0 aromatic carbocycles. The van der Waals surface area contributed by atoms with Gasteiger partial charge in [-0.1, -0.05) is 9.80 Å². The van der Waals surface area contributed by atoms with Crippen LogP contribution >= 0.6 is 20.5 Å². The molecule has 9 heavy (non-hydrogen) atoms. The van der Waals surface area contributed by atoms with Crippen LogP contribution in [0.15, 0.2) is 17.3 Å². The minimum Gasteiger partial charge on any atom is -0.284 e. The Hall–Kier alpha value is -0.230. The zero-order valence-corrected chi connectivity index (χ0v) is 5.85. The van der Waals surface area contributed by atoms with Crippen LogP contribution in [0.5, 0.6) is 0 Å². The molecule has 0 unspecified atom stereocenters. The molecule has 52 valence electrons. The Labute approximate surface area is 57.7 Å². The van der Waals surface area contributed by atoms with Gasteiger partial charge in [-0.15, -0.1) is 0 Å². The predicted molar refractivity (Wildman–Crippen MR) is 35.6 cm³/mol. The summed E-state index contributed by atoms with van der Waals surface area (Å²) in [4.78, 5) is 0.212. The Morgan fingerprint density at radius 1 is 1.67 bits per heavy atom. The molecule has 1 aromatic rings. The van der Waals surface area contributed by atoms with Crippen molar-refractivity contribution in [1.82, 2.24) is 10.2 Å². The van der Waals surface area contributed by atoms with Gasteiger partial charge in [-0.25, -0.2) is 0 Å². The van der Waals surface area contributed by atoms with Crippen LogP contribution in [0.1, 0.15) is 0 Å². The summed E-state index contributed by atoms with van der Waals surface area (Å²) in [6.45, 7) is 0. The van der Waals surface area contributed by atoms with Crippen molar-refractivity contribution in [3.8, 4) is 0 Å². The fourth-order valence-corrected chi connectivity index (χ4v) is 1.02. The molecule has 1 rings (SSSR count). The number of halogens is 1. The van der Waals surface area contributed by atoms with Crippen LogP contribution in [-0.2, 0) is 0 Å². The van der Waals surface area contributed by atoms with Gasteiger partial charge in [0.05, 0.1) is 6.20 Å². The second-order valence-electron chi connectivity index (χ2n) is 1.41. The van der Waals surface area contributed by atoms with Gasteiger partial charge in [0.1, 0.15) is 4.90 Å². The Balaban J connectivity index is 2.90. The van der Waals surface area contributed by atoms with Crippen molar-refractivity contribution in [3.05, 3.63) is 12.4 Å². The highest BCUT2D eigenvalue weighted by molar-refractivity contribution is 8.43. The van der Waals surface area contributed by atoms with Crippen LogP contribution in [-0.4, -0.2) is 19.3 Å². The van der Waals surface area contributed by atoms with Gasteiger partial charge in [-0.3, -0.25) is 14.2 Å². The van der Waals surface area contributed by atoms with Gasteiger partial charge < -0.3 is 0 Å². The Kier molecular flexibility index (Phi) is 1.67. The third-order valence-electron chi connectivity index (χ3n) is 0.773. The molecule has 0 atom stereocenters. The number of rotatable bonds is 1. The van der Waals surface area contributed by atoms with E-state index in [0.717, 1.165) is 0 Å². The maximum Gasteiger partial charge on any atom is 0.113 e. The molecular weight excluding hydrogens is 164 g/mol. The van der Waals surface area contributed by atoms with Crippen LogP contribution in [0.3, 0.4) is 0 Å². The number of nitrogens with zero attached hydrogens (tertiary/aromatic N) is 1. The van der Waals surface area contributed by atoms with E-state index in [0.29, 0.717) is 0 Å². The highest BCUT2D eigenvalue weighted by atomic mass is 35.7. The lowest BCUT2D eigenvalue weighted by Gasteiger charge is -2.19. The maximum absolute atomic E-state index is 8.72. The first kappa shape index (κ1) is 6.88. The summed E-state index contributed by atoms with van der Waals surface area (Å²) in [6.07, 6.45) is 2.60. The summed E-state index contributed by atoms with van der Waals surface area (Å²) in [5.74, 6) is 0. The number of H-pyrrole nitrogens is 1. The van der Waals surface area contributed by atoms with Gasteiger partial charge >= 0.3 is 0 Å². The standard InChI is InChI=1S/C3H5ClN2O2S/c4-9(7,8)3-1-5-6-2-3/h1-2,7-8H,(H,5,6). The molecule has 0 aliphatic rings. The molecule has 0 aliphatic heterocycles. The number of hydrogen-bond donors (Lipinski definition) is 3. The Bertz CT molecular complexity index is 182. The van der Waals surface area contributed by atoms with E-state index in [2.05, 4.69) is 10.2 Å². The molecule has 0 aliphatic carbocycles. The van der Waals surface area contributed by atoms with Gasteiger partial charge in [-0.05, 0) is 0 Å². The Morgan fingerprint density at radius 3 is 2.56 bits per heavy atom. The lowest BCUT2D eigenvalue weighted by Crippen LogP contribution is -1.84. The maximum atomic E-state index is 8.72. The zero-order valence-electron chi connectivity index (χ0n) is 4.28. The first-order valence-electron chi connectivity index (χ1n) is 2.07. The van der Waals surface area contributed by atoms with Gasteiger partial charge in [0.15, 0.2) is 0 Å². The SMILES string of the molecule is OS(O)(Cl)c1cn[nH]c1. The van der Waals surface area contributed by atoms with Gasteiger partial charge in [0.25, 0.3) is 0 Å². The van der Waals surface area contributed by atoms with Gasteiger partial charge in [-0.2, -0.15) is 5.10 Å². The van der Waals surface area contributed by atoms with Crippen LogP contribution in [0.25, 0.3) is 0 Å². The first-order valence-corrected chi connectivity index (χ1v) is 4.44. The minimum atomic E-state index is -3.08. The lowest BCUT2D eigenvalue weighted by molar-refractivity contribution is 0.507. The predicted octanol–water partition coefficient (Wildman–Crippen LogP) is 1.67. The number of aromatic amines is 1. The minimum absolute atomic E-state index is 0.212. The molecule has 0 amide bonds. The van der Waals surface area contributed by atoms with Gasteiger partial charge in [0, 0.05) is 16.9 Å². The molecular formula is C3H5ClN2O2S. The van der Waals surface area contributed by atoms with Crippen LogP contribution in [0, 0.1) is 0 Å². The second-order valence-corrected chi connectivity index (χ2v) is 4.13. The third kappa shape index (κ3) is 1.59. The molecule has 1 heterocycles. The van der Waals surface area contributed by atoms with Crippen LogP contribution in [0.4, 0.5) is 0 Å². The van der Waals surface area contributed by atoms with Crippen LogP contribution in [0.2, 0.25) is 0 Å². The van der Waals surface area contributed by atoms with E-state index in [4.69, 9.17) is 19.8 Å². The fourth-order valence-electron chi connectivity index (χ4n) is 0.381. The highest BCUT2D eigenvalue weighted by Gasteiger charge is 2.11. The van der Waals surface area contributed by atoms with Crippen molar-refractivity contribution in [2.75, 3.05) is 0 Å². The molecule has 0 spiro atoms. The van der Waals surface area contributed by atoms with Crippen molar-refractivity contribution in [3.63, 3.8) is 0 Å². The summed E-state index contributed by atoms with van der Waals surface area (Å²) in [6, 6.07) is 0. The van der Waals surface area contributed by atoms with E-state index in [1.165, 1.54) is 12.4 Å². The number of aromatic nitrogens is 2. The second kappa shape index (κ2) is 2.18. The normalized spacial score (nSPS) is 13.7. The van der Waals surface area contributed by atoms with Crippen molar-refractivity contribution < 1.29 is 9.11 Å². The van der Waals surface area contributed by atoms with Crippen molar-refractivity contribution in [1.29, 1.82) is 0 Å². The summed E-state index contributed by atoms with van der Waals surface area (Å²) < 4.78 is 17.4. The van der Waals surface area contributed by atoms with E-state index >= 15 is 0 Å². The van der Waals surface area contributed by atoms with E-state index in [9.17, 15) is 0 Å². The van der Waals surface area contributed by atoms with E-state index < -0.39 is 9.80 Å². The summed E-state index contributed by atoms with van der Waals surface area (Å²) >= 11 is 0. The molecule has 1 aromatic heterocycles. The number of nitrogens with one attached hydrogen (secondary N) is 1. The quantitative estimate of drug-likeness (QED) is 0.598. The Morgan fingerprint density at radius 2 is 2.33 bits per heavy atom. The largest absolute Gasteiger partial charge is 0.284 e. The molecule has 0 saturated heterocycles. The molecule has 4 nitrogen and oxygen atoms in total. The average Bonchev–Trinajstić information content (AvgIpc) is 2.08. The lowest BCUT2D eigenvalue weighted by atomic mass is 10.7. The summed E-state index contributed by atoms with van der Waals surface area (Å²) in [5.41, 5.74) is 0. The van der Waals surface area contributed by atoms with Crippen molar-refractivity contribution >= 4 is 20.5 Å². The third-order valence-corrected chi connectivity index (χ3v) is 2.13. The smallest absolute Gasteiger partial charge is 0.113 e. The molecule has 6 heteroatoms. The van der Waals surface area contributed by atoms with Crippen molar-refractivity contribution in [2.45, 2.75) is 4.90 Å². The molecule has 0 radical (unpaired) electrons. The summed E-state index contributed by atoms with van der Waals surface area (Å²) in [5, 5.41) is 5.88. The molecule has 0 fully saturated rings. The topological polar surface area (TPSA) is 69.1 Å². The summed E-state index contributed by atoms with van der Waals surface area (Å²) in [7, 11) is 2.05. The molecule has 3 N–H and O–H groups in total. The van der Waals surface area contributed by atoms with E-state index in [1.807, 2.05) is 0 Å². The average molecular weight is 169 g/mol. The van der Waals surface area contributed by atoms with Crippen molar-refractivity contribution in [2.24, 2.45) is 0 Å². The van der Waals surface area contributed by atoms with Crippen LogP contribution < -0.4 is 0 Å². The fraction of sp³-hybridized carbons (Fsp3) is 0. The number of hydrogen-bond acceptors (Lipinski definition) is 3. The van der Waals surface area contributed by atoms with E-state index in [1.54, 1.807) is 0 Å².